The zero-order valence-corrected chi connectivity index (χ0v) is 16.6. The van der Waals surface area contributed by atoms with Crippen molar-refractivity contribution in [3.8, 4) is 0 Å². The third-order valence-electron chi connectivity index (χ3n) is 9.31. The molecule has 0 aromatic heterocycles. The van der Waals surface area contributed by atoms with Crippen molar-refractivity contribution in [3.05, 3.63) is 12.7 Å². The van der Waals surface area contributed by atoms with E-state index in [1.54, 1.807) is 0 Å². The molecule has 3 heteroatoms. The number of allylic oxidation sites excluding steroid dienone is 1. The van der Waals surface area contributed by atoms with E-state index in [1.165, 1.54) is 38.5 Å². The molecule has 4 aliphatic rings. The molecule has 0 aliphatic heterocycles. The van der Waals surface area contributed by atoms with E-state index in [2.05, 4.69) is 26.5 Å². The van der Waals surface area contributed by atoms with Gasteiger partial charge in [0, 0.05) is 18.3 Å². The minimum absolute atomic E-state index is 0.00494. The Morgan fingerprint density at radius 2 is 1.96 bits per heavy atom. The van der Waals surface area contributed by atoms with E-state index in [1.807, 2.05) is 0 Å². The van der Waals surface area contributed by atoms with E-state index in [9.17, 15) is 9.90 Å². The molecule has 4 aliphatic carbocycles. The fourth-order valence-electron chi connectivity index (χ4n) is 7.94. The number of ketones is 1. The second-order valence-corrected chi connectivity index (χ2v) is 10.0. The number of ether oxygens (including phenoxy) is 1. The van der Waals surface area contributed by atoms with Gasteiger partial charge in [0.05, 0.1) is 19.3 Å². The highest BCUT2D eigenvalue weighted by molar-refractivity contribution is 5.80. The highest BCUT2D eigenvalue weighted by Crippen LogP contribution is 2.67. The lowest BCUT2D eigenvalue weighted by atomic mass is 9.44. The lowest BCUT2D eigenvalue weighted by Gasteiger charge is -2.62. The van der Waals surface area contributed by atoms with Crippen molar-refractivity contribution in [1.29, 1.82) is 0 Å². The number of rotatable bonds is 4. The monoisotopic (exact) mass is 360 g/mol. The summed E-state index contributed by atoms with van der Waals surface area (Å²) >= 11 is 0. The summed E-state index contributed by atoms with van der Waals surface area (Å²) in [6.45, 7) is 9.48. The molecule has 1 N–H and O–H groups in total. The molecule has 4 saturated carbocycles. The number of carbonyl (C=O) groups is 1. The first-order chi connectivity index (χ1) is 12.4. The zero-order chi connectivity index (χ0) is 18.5. The molecule has 26 heavy (non-hydrogen) atoms. The number of hydrogen-bond acceptors (Lipinski definition) is 3. The van der Waals surface area contributed by atoms with Crippen LogP contribution in [0.3, 0.4) is 0 Å². The zero-order valence-electron chi connectivity index (χ0n) is 16.6. The molecule has 3 nitrogen and oxygen atoms in total. The van der Waals surface area contributed by atoms with Crippen LogP contribution in [0.2, 0.25) is 0 Å². The van der Waals surface area contributed by atoms with Gasteiger partial charge in [-0.15, -0.1) is 6.58 Å². The number of aliphatic hydroxyl groups excluding tert-OH is 1. The average molecular weight is 361 g/mol. The van der Waals surface area contributed by atoms with Crippen LogP contribution in [0.1, 0.15) is 65.2 Å². The topological polar surface area (TPSA) is 46.5 Å². The number of Topliss-reactive ketones (excluding diaryl/α,β-unsaturated/α-hetero) is 1. The molecule has 0 spiro atoms. The van der Waals surface area contributed by atoms with Gasteiger partial charge in [0.15, 0.2) is 0 Å². The van der Waals surface area contributed by atoms with Gasteiger partial charge in [-0.1, -0.05) is 19.9 Å². The highest BCUT2D eigenvalue weighted by atomic mass is 16.5. The smallest absolute Gasteiger partial charge is 0.135 e. The summed E-state index contributed by atoms with van der Waals surface area (Å²) in [5.41, 5.74) is 0.525. The molecule has 4 fully saturated rings. The Labute approximate surface area is 158 Å². The van der Waals surface area contributed by atoms with Crippen LogP contribution in [0.4, 0.5) is 0 Å². The van der Waals surface area contributed by atoms with Gasteiger partial charge in [0.1, 0.15) is 5.78 Å². The Kier molecular flexibility index (Phi) is 4.84. The number of carbonyl (C=O) groups excluding carboxylic acids is 1. The first-order valence-corrected chi connectivity index (χ1v) is 10.8. The van der Waals surface area contributed by atoms with Crippen LogP contribution in [-0.4, -0.2) is 30.2 Å². The SMILES string of the molecule is C=CC1CCC2C3CCC4CC(=O)CC(OCCO)C4(C)C3CCC12C. The third kappa shape index (κ3) is 2.57. The maximum Gasteiger partial charge on any atom is 0.135 e. The van der Waals surface area contributed by atoms with Crippen LogP contribution in [0, 0.1) is 40.4 Å². The lowest BCUT2D eigenvalue weighted by Crippen LogP contribution is -2.59. The van der Waals surface area contributed by atoms with Gasteiger partial charge in [-0.3, -0.25) is 4.79 Å². The fourth-order valence-corrected chi connectivity index (χ4v) is 7.94. The van der Waals surface area contributed by atoms with Crippen LogP contribution >= 0.6 is 0 Å². The molecule has 0 radical (unpaired) electrons. The van der Waals surface area contributed by atoms with E-state index in [-0.39, 0.29) is 18.1 Å². The second-order valence-electron chi connectivity index (χ2n) is 10.0. The molecule has 8 atom stereocenters. The molecule has 0 saturated heterocycles. The number of fused-ring (bicyclic) bond motifs is 5. The molecular formula is C23H36O3. The van der Waals surface area contributed by atoms with Gasteiger partial charge < -0.3 is 9.84 Å². The van der Waals surface area contributed by atoms with E-state index in [0.29, 0.717) is 42.0 Å². The van der Waals surface area contributed by atoms with Crippen molar-refractivity contribution in [2.24, 2.45) is 40.4 Å². The summed E-state index contributed by atoms with van der Waals surface area (Å²) in [6.07, 6.45) is 11.2. The Bertz CT molecular complexity index is 572. The van der Waals surface area contributed by atoms with Gasteiger partial charge in [0.25, 0.3) is 0 Å². The Morgan fingerprint density at radius 1 is 1.15 bits per heavy atom. The molecule has 0 aromatic rings. The van der Waals surface area contributed by atoms with Crippen molar-refractivity contribution in [1.82, 2.24) is 0 Å². The van der Waals surface area contributed by atoms with Crippen molar-refractivity contribution in [2.45, 2.75) is 71.3 Å². The first-order valence-electron chi connectivity index (χ1n) is 10.8. The van der Waals surface area contributed by atoms with Crippen molar-refractivity contribution < 1.29 is 14.6 Å². The molecule has 4 rings (SSSR count). The Balaban J connectivity index is 1.64. The van der Waals surface area contributed by atoms with Gasteiger partial charge >= 0.3 is 0 Å². The maximum atomic E-state index is 12.4. The molecule has 0 bridgehead atoms. The van der Waals surface area contributed by atoms with Gasteiger partial charge in [0.2, 0.25) is 0 Å². The largest absolute Gasteiger partial charge is 0.394 e. The van der Waals surface area contributed by atoms with Crippen molar-refractivity contribution >= 4 is 5.78 Å². The predicted molar refractivity (Wildman–Crippen MR) is 103 cm³/mol. The number of hydrogen-bond donors (Lipinski definition) is 1. The van der Waals surface area contributed by atoms with Crippen molar-refractivity contribution in [2.75, 3.05) is 13.2 Å². The summed E-state index contributed by atoms with van der Waals surface area (Å²) in [5, 5.41) is 9.27. The predicted octanol–water partition coefficient (Wildman–Crippen LogP) is 4.39. The van der Waals surface area contributed by atoms with E-state index >= 15 is 0 Å². The Morgan fingerprint density at radius 3 is 2.69 bits per heavy atom. The summed E-state index contributed by atoms with van der Waals surface area (Å²) in [6, 6.07) is 0. The first kappa shape index (κ1) is 18.7. The van der Waals surface area contributed by atoms with E-state index in [0.717, 1.165) is 18.3 Å². The maximum absolute atomic E-state index is 12.4. The van der Waals surface area contributed by atoms with Gasteiger partial charge in [-0.05, 0) is 73.5 Å². The summed E-state index contributed by atoms with van der Waals surface area (Å²) in [5.74, 6) is 3.75. The van der Waals surface area contributed by atoms with Crippen LogP contribution in [0.5, 0.6) is 0 Å². The quantitative estimate of drug-likeness (QED) is 0.757. The Hall–Kier alpha value is -0.670. The third-order valence-corrected chi connectivity index (χ3v) is 9.31. The number of aliphatic hydroxyl groups is 1. The minimum atomic E-state index is -0.00494. The van der Waals surface area contributed by atoms with Crippen LogP contribution in [-0.2, 0) is 9.53 Å². The summed E-state index contributed by atoms with van der Waals surface area (Å²) < 4.78 is 6.12. The molecule has 0 amide bonds. The second kappa shape index (κ2) is 6.74. The summed E-state index contributed by atoms with van der Waals surface area (Å²) in [7, 11) is 0. The van der Waals surface area contributed by atoms with Crippen LogP contribution < -0.4 is 0 Å². The molecular weight excluding hydrogens is 324 g/mol. The van der Waals surface area contributed by atoms with Crippen LogP contribution in [0.25, 0.3) is 0 Å². The molecule has 8 unspecified atom stereocenters. The average Bonchev–Trinajstić information content (AvgIpc) is 2.96. The lowest BCUT2D eigenvalue weighted by molar-refractivity contribution is -0.184. The minimum Gasteiger partial charge on any atom is -0.394 e. The molecule has 0 heterocycles. The fraction of sp³-hybridized carbons (Fsp3) is 0.870. The van der Waals surface area contributed by atoms with Gasteiger partial charge in [-0.25, -0.2) is 0 Å². The van der Waals surface area contributed by atoms with E-state index < -0.39 is 0 Å². The van der Waals surface area contributed by atoms with E-state index in [4.69, 9.17) is 4.74 Å². The van der Waals surface area contributed by atoms with Gasteiger partial charge in [-0.2, -0.15) is 0 Å². The normalized spacial score (nSPS) is 50.7. The standard InChI is InChI=1S/C23H36O3/c1-4-15-6-8-19-18-7-5-16-13-17(25)14-21(26-12-11-24)23(16,3)20(18)9-10-22(15,19)2/h4,15-16,18-21,24H,1,5-14H2,2-3H3. The molecule has 0 aromatic carbocycles. The molecule has 146 valence electrons. The van der Waals surface area contributed by atoms with Crippen LogP contribution in [0.15, 0.2) is 12.7 Å². The summed E-state index contributed by atoms with van der Waals surface area (Å²) in [4.78, 5) is 12.4. The highest BCUT2D eigenvalue weighted by Gasteiger charge is 2.62. The van der Waals surface area contributed by atoms with Crippen molar-refractivity contribution in [3.63, 3.8) is 0 Å².